The van der Waals surface area contributed by atoms with Gasteiger partial charge in [-0.1, -0.05) is 0 Å². The first-order chi connectivity index (χ1) is 8.22. The molecule has 0 spiro atoms. The highest BCUT2D eigenvalue weighted by Gasteiger charge is 2.03. The fourth-order valence-corrected chi connectivity index (χ4v) is 1.53. The zero-order valence-electron chi connectivity index (χ0n) is 9.84. The SMILES string of the molecule is CCn1cc(Oc2ccc(C#N)c(C)c2)cn1. The summed E-state index contributed by atoms with van der Waals surface area (Å²) in [5.41, 5.74) is 1.58. The molecule has 17 heavy (non-hydrogen) atoms. The summed E-state index contributed by atoms with van der Waals surface area (Å²) >= 11 is 0. The van der Waals surface area contributed by atoms with E-state index < -0.39 is 0 Å². The number of hydrogen-bond acceptors (Lipinski definition) is 3. The van der Waals surface area contributed by atoms with E-state index in [1.54, 1.807) is 23.0 Å². The van der Waals surface area contributed by atoms with E-state index in [-0.39, 0.29) is 0 Å². The van der Waals surface area contributed by atoms with Gasteiger partial charge < -0.3 is 4.74 Å². The molecule has 1 aromatic carbocycles. The van der Waals surface area contributed by atoms with Crippen LogP contribution in [0.3, 0.4) is 0 Å². The van der Waals surface area contributed by atoms with Gasteiger partial charge in [0.05, 0.1) is 24.0 Å². The van der Waals surface area contributed by atoms with Gasteiger partial charge in [0.1, 0.15) is 5.75 Å². The summed E-state index contributed by atoms with van der Waals surface area (Å²) in [4.78, 5) is 0. The first kappa shape index (κ1) is 11.2. The van der Waals surface area contributed by atoms with Crippen molar-refractivity contribution >= 4 is 0 Å². The Morgan fingerprint density at radius 1 is 1.41 bits per heavy atom. The van der Waals surface area contributed by atoms with E-state index in [2.05, 4.69) is 11.2 Å². The number of rotatable bonds is 3. The maximum atomic E-state index is 8.83. The Labute approximate surface area is 100 Å². The summed E-state index contributed by atoms with van der Waals surface area (Å²) in [6, 6.07) is 7.52. The van der Waals surface area contributed by atoms with Gasteiger partial charge in [-0.25, -0.2) is 0 Å². The highest BCUT2D eigenvalue weighted by Crippen LogP contribution is 2.23. The van der Waals surface area contributed by atoms with Crippen molar-refractivity contribution in [3.05, 3.63) is 41.7 Å². The minimum absolute atomic E-state index is 0.668. The van der Waals surface area contributed by atoms with E-state index in [4.69, 9.17) is 10.00 Å². The summed E-state index contributed by atoms with van der Waals surface area (Å²) in [7, 11) is 0. The van der Waals surface area contributed by atoms with Crippen LogP contribution in [-0.4, -0.2) is 9.78 Å². The fourth-order valence-electron chi connectivity index (χ4n) is 1.53. The largest absolute Gasteiger partial charge is 0.454 e. The molecular weight excluding hydrogens is 214 g/mol. The Morgan fingerprint density at radius 3 is 2.82 bits per heavy atom. The third-order valence-corrected chi connectivity index (χ3v) is 2.49. The van der Waals surface area contributed by atoms with Crippen LogP contribution in [0.2, 0.25) is 0 Å². The maximum Gasteiger partial charge on any atom is 0.165 e. The Balaban J connectivity index is 2.19. The number of aromatic nitrogens is 2. The van der Waals surface area contributed by atoms with E-state index in [1.807, 2.05) is 26.1 Å². The number of aryl methyl sites for hydroxylation is 2. The summed E-state index contributed by atoms with van der Waals surface area (Å²) in [6.45, 7) is 4.72. The second kappa shape index (κ2) is 4.71. The van der Waals surface area contributed by atoms with Crippen molar-refractivity contribution < 1.29 is 4.74 Å². The Hall–Kier alpha value is -2.28. The van der Waals surface area contributed by atoms with Gasteiger partial charge in [0.2, 0.25) is 0 Å². The molecular formula is C13H13N3O. The molecule has 0 unspecified atom stereocenters. The van der Waals surface area contributed by atoms with Gasteiger partial charge in [0.15, 0.2) is 5.75 Å². The monoisotopic (exact) mass is 227 g/mol. The van der Waals surface area contributed by atoms with E-state index >= 15 is 0 Å². The third kappa shape index (κ3) is 2.45. The van der Waals surface area contributed by atoms with Crippen LogP contribution in [0.15, 0.2) is 30.6 Å². The molecule has 0 aliphatic rings. The van der Waals surface area contributed by atoms with Crippen molar-refractivity contribution in [3.63, 3.8) is 0 Å². The van der Waals surface area contributed by atoms with Gasteiger partial charge in [0.25, 0.3) is 0 Å². The first-order valence-electron chi connectivity index (χ1n) is 5.44. The number of nitrogens with zero attached hydrogens (tertiary/aromatic N) is 3. The predicted octanol–water partition coefficient (Wildman–Crippen LogP) is 2.88. The second-order valence-electron chi connectivity index (χ2n) is 3.72. The molecule has 4 nitrogen and oxygen atoms in total. The fraction of sp³-hybridized carbons (Fsp3) is 0.231. The smallest absolute Gasteiger partial charge is 0.165 e. The summed E-state index contributed by atoms with van der Waals surface area (Å²) in [5, 5.41) is 13.0. The lowest BCUT2D eigenvalue weighted by Gasteiger charge is -2.04. The molecule has 1 heterocycles. The van der Waals surface area contributed by atoms with Crippen LogP contribution in [0.4, 0.5) is 0 Å². The molecule has 0 bridgehead atoms. The normalized spacial score (nSPS) is 9.94. The minimum Gasteiger partial charge on any atom is -0.454 e. The Bertz CT molecular complexity index is 566. The molecule has 86 valence electrons. The van der Waals surface area contributed by atoms with Crippen LogP contribution in [0.1, 0.15) is 18.1 Å². The van der Waals surface area contributed by atoms with Crippen LogP contribution in [0, 0.1) is 18.3 Å². The van der Waals surface area contributed by atoms with Crippen molar-refractivity contribution in [1.29, 1.82) is 5.26 Å². The van der Waals surface area contributed by atoms with E-state index in [9.17, 15) is 0 Å². The van der Waals surface area contributed by atoms with Crippen molar-refractivity contribution in [2.24, 2.45) is 0 Å². The van der Waals surface area contributed by atoms with Crippen LogP contribution in [0.5, 0.6) is 11.5 Å². The molecule has 1 aromatic heterocycles. The average Bonchev–Trinajstić information content (AvgIpc) is 2.77. The summed E-state index contributed by atoms with van der Waals surface area (Å²) in [6.07, 6.45) is 3.52. The van der Waals surface area contributed by atoms with Crippen LogP contribution in [0.25, 0.3) is 0 Å². The molecule has 2 aromatic rings. The highest BCUT2D eigenvalue weighted by atomic mass is 16.5. The molecule has 0 aliphatic heterocycles. The molecule has 0 saturated carbocycles. The number of benzene rings is 1. The number of nitriles is 1. The number of ether oxygens (including phenoxy) is 1. The van der Waals surface area contributed by atoms with Gasteiger partial charge >= 0.3 is 0 Å². The summed E-state index contributed by atoms with van der Waals surface area (Å²) < 4.78 is 7.45. The maximum absolute atomic E-state index is 8.83. The molecule has 2 rings (SSSR count). The third-order valence-electron chi connectivity index (χ3n) is 2.49. The lowest BCUT2D eigenvalue weighted by atomic mass is 10.1. The minimum atomic E-state index is 0.668. The van der Waals surface area contributed by atoms with Gasteiger partial charge in [-0.15, -0.1) is 0 Å². The molecule has 4 heteroatoms. The molecule has 0 saturated heterocycles. The molecule has 0 atom stereocenters. The second-order valence-corrected chi connectivity index (χ2v) is 3.72. The molecule has 0 aliphatic carbocycles. The topological polar surface area (TPSA) is 50.8 Å². The Morgan fingerprint density at radius 2 is 2.24 bits per heavy atom. The first-order valence-corrected chi connectivity index (χ1v) is 5.44. The highest BCUT2D eigenvalue weighted by molar-refractivity contribution is 5.42. The van der Waals surface area contributed by atoms with Crippen molar-refractivity contribution in [1.82, 2.24) is 9.78 Å². The van der Waals surface area contributed by atoms with Gasteiger partial charge in [-0.3, -0.25) is 4.68 Å². The predicted molar refractivity (Wildman–Crippen MR) is 63.9 cm³/mol. The van der Waals surface area contributed by atoms with Crippen molar-refractivity contribution in [2.45, 2.75) is 20.4 Å². The zero-order valence-corrected chi connectivity index (χ0v) is 9.84. The van der Waals surface area contributed by atoms with E-state index in [0.29, 0.717) is 11.3 Å². The van der Waals surface area contributed by atoms with Crippen LogP contribution in [-0.2, 0) is 6.54 Å². The van der Waals surface area contributed by atoms with E-state index in [1.165, 1.54) is 0 Å². The molecule has 0 N–H and O–H groups in total. The van der Waals surface area contributed by atoms with Crippen molar-refractivity contribution in [2.75, 3.05) is 0 Å². The van der Waals surface area contributed by atoms with Crippen LogP contribution < -0.4 is 4.74 Å². The molecule has 0 fully saturated rings. The van der Waals surface area contributed by atoms with Gasteiger partial charge in [-0.2, -0.15) is 10.4 Å². The number of hydrogen-bond donors (Lipinski definition) is 0. The molecule has 0 amide bonds. The van der Waals surface area contributed by atoms with Crippen LogP contribution >= 0.6 is 0 Å². The lowest BCUT2D eigenvalue weighted by Crippen LogP contribution is -1.92. The standard InChI is InChI=1S/C13H13N3O/c1-3-16-9-13(8-15-16)17-12-5-4-11(7-14)10(2)6-12/h4-6,8-9H,3H2,1-2H3. The van der Waals surface area contributed by atoms with E-state index in [0.717, 1.165) is 17.9 Å². The molecule has 0 radical (unpaired) electrons. The average molecular weight is 227 g/mol. The van der Waals surface area contributed by atoms with Gasteiger partial charge in [0, 0.05) is 6.54 Å². The quantitative estimate of drug-likeness (QED) is 0.810. The zero-order chi connectivity index (χ0) is 12.3. The summed E-state index contributed by atoms with van der Waals surface area (Å²) in [5.74, 6) is 1.42. The lowest BCUT2D eigenvalue weighted by molar-refractivity contribution is 0.481. The Kier molecular flexibility index (Phi) is 3.10. The van der Waals surface area contributed by atoms with Crippen molar-refractivity contribution in [3.8, 4) is 17.6 Å². The van der Waals surface area contributed by atoms with Gasteiger partial charge in [-0.05, 0) is 37.6 Å².